The molecule has 0 aliphatic heterocycles. The summed E-state index contributed by atoms with van der Waals surface area (Å²) >= 11 is 3.42. The SMILES string of the molecule is COc1cccc(CNC2CCc3c(sc4ncn(Cc5cc6ccccc6s5)c(=O)c34)C2)c1. The zero-order chi connectivity index (χ0) is 23.1. The molecular weight excluding hydrogens is 462 g/mol. The van der Waals surface area contributed by atoms with Gasteiger partial charge in [0.25, 0.3) is 5.56 Å². The van der Waals surface area contributed by atoms with Crippen LogP contribution in [0.2, 0.25) is 0 Å². The molecule has 172 valence electrons. The Morgan fingerprint density at radius 3 is 2.94 bits per heavy atom. The molecule has 1 unspecified atom stereocenters. The molecule has 1 aliphatic carbocycles. The van der Waals surface area contributed by atoms with E-state index in [1.807, 2.05) is 12.1 Å². The normalized spacial score (nSPS) is 15.6. The van der Waals surface area contributed by atoms with Crippen molar-refractivity contribution in [1.82, 2.24) is 14.9 Å². The molecule has 0 fully saturated rings. The maximum atomic E-state index is 13.4. The largest absolute Gasteiger partial charge is 0.497 e. The van der Waals surface area contributed by atoms with Crippen molar-refractivity contribution in [2.24, 2.45) is 0 Å². The molecule has 0 saturated heterocycles. The van der Waals surface area contributed by atoms with Crippen LogP contribution in [0.15, 0.2) is 65.7 Å². The third kappa shape index (κ3) is 4.04. The van der Waals surface area contributed by atoms with Gasteiger partial charge in [0.05, 0.1) is 25.4 Å². The van der Waals surface area contributed by atoms with E-state index in [2.05, 4.69) is 52.8 Å². The number of hydrogen-bond donors (Lipinski definition) is 1. The molecule has 34 heavy (non-hydrogen) atoms. The Morgan fingerprint density at radius 2 is 2.06 bits per heavy atom. The van der Waals surface area contributed by atoms with Crippen LogP contribution in [-0.2, 0) is 25.9 Å². The number of aromatic nitrogens is 2. The minimum Gasteiger partial charge on any atom is -0.497 e. The molecule has 0 spiro atoms. The second-order valence-electron chi connectivity index (χ2n) is 8.78. The van der Waals surface area contributed by atoms with Gasteiger partial charge in [-0.05, 0) is 60.0 Å². The molecule has 3 heterocycles. The van der Waals surface area contributed by atoms with Gasteiger partial charge in [-0.3, -0.25) is 9.36 Å². The fourth-order valence-corrected chi connectivity index (χ4v) is 7.14. The number of benzene rings is 2. The number of fused-ring (bicyclic) bond motifs is 4. The predicted molar refractivity (Wildman–Crippen MR) is 140 cm³/mol. The van der Waals surface area contributed by atoms with Gasteiger partial charge in [-0.15, -0.1) is 22.7 Å². The van der Waals surface area contributed by atoms with Crippen LogP contribution < -0.4 is 15.6 Å². The molecule has 1 atom stereocenters. The lowest BCUT2D eigenvalue weighted by Gasteiger charge is -2.23. The van der Waals surface area contributed by atoms with E-state index < -0.39 is 0 Å². The van der Waals surface area contributed by atoms with Crippen LogP contribution in [0.25, 0.3) is 20.3 Å². The molecule has 0 radical (unpaired) electrons. The van der Waals surface area contributed by atoms with Gasteiger partial charge in [0.2, 0.25) is 0 Å². The highest BCUT2D eigenvalue weighted by Crippen LogP contribution is 2.34. The minimum atomic E-state index is 0.0859. The van der Waals surface area contributed by atoms with E-state index in [-0.39, 0.29) is 5.56 Å². The highest BCUT2D eigenvalue weighted by Gasteiger charge is 2.25. The van der Waals surface area contributed by atoms with Gasteiger partial charge in [-0.25, -0.2) is 4.98 Å². The van der Waals surface area contributed by atoms with Crippen molar-refractivity contribution in [2.45, 2.75) is 38.4 Å². The van der Waals surface area contributed by atoms with E-state index >= 15 is 0 Å². The van der Waals surface area contributed by atoms with Crippen molar-refractivity contribution >= 4 is 43.0 Å². The van der Waals surface area contributed by atoms with Crippen LogP contribution in [0, 0.1) is 0 Å². The molecule has 0 bridgehead atoms. The second kappa shape index (κ2) is 8.98. The summed E-state index contributed by atoms with van der Waals surface area (Å²) in [5.41, 5.74) is 2.51. The molecule has 0 saturated carbocycles. The van der Waals surface area contributed by atoms with Gasteiger partial charge in [-0.1, -0.05) is 30.3 Å². The fraction of sp³-hybridized carbons (Fsp3) is 0.259. The molecule has 5 nitrogen and oxygen atoms in total. The highest BCUT2D eigenvalue weighted by molar-refractivity contribution is 7.19. The van der Waals surface area contributed by atoms with Crippen LogP contribution >= 0.6 is 22.7 Å². The number of ether oxygens (including phenoxy) is 1. The van der Waals surface area contributed by atoms with Crippen molar-refractivity contribution in [1.29, 1.82) is 0 Å². The van der Waals surface area contributed by atoms with E-state index in [1.54, 1.807) is 40.7 Å². The summed E-state index contributed by atoms with van der Waals surface area (Å²) in [6.07, 6.45) is 4.59. The Morgan fingerprint density at radius 1 is 1.15 bits per heavy atom. The summed E-state index contributed by atoms with van der Waals surface area (Å²) in [6, 6.07) is 19.1. The highest BCUT2D eigenvalue weighted by atomic mass is 32.1. The Bertz CT molecular complexity index is 1520. The number of thiophene rings is 2. The van der Waals surface area contributed by atoms with Gasteiger partial charge in [-0.2, -0.15) is 0 Å². The molecular formula is C27H25N3O2S2. The third-order valence-electron chi connectivity index (χ3n) is 6.57. The summed E-state index contributed by atoms with van der Waals surface area (Å²) < 4.78 is 8.36. The second-order valence-corrected chi connectivity index (χ2v) is 11.0. The molecule has 6 rings (SSSR count). The Labute approximate surface area is 205 Å². The Kier molecular flexibility index (Phi) is 5.69. The lowest BCUT2D eigenvalue weighted by atomic mass is 9.93. The van der Waals surface area contributed by atoms with Gasteiger partial charge < -0.3 is 10.1 Å². The Hall–Kier alpha value is -3.00. The average Bonchev–Trinajstić information content (AvgIpc) is 3.45. The van der Waals surface area contributed by atoms with E-state index in [0.717, 1.165) is 41.8 Å². The van der Waals surface area contributed by atoms with Crippen molar-refractivity contribution in [3.8, 4) is 5.75 Å². The number of nitrogens with one attached hydrogen (secondary N) is 1. The lowest BCUT2D eigenvalue weighted by molar-refractivity contribution is 0.413. The zero-order valence-electron chi connectivity index (χ0n) is 18.9. The average molecular weight is 488 g/mol. The molecule has 0 amide bonds. The Balaban J connectivity index is 1.22. The zero-order valence-corrected chi connectivity index (χ0v) is 20.5. The first kappa shape index (κ1) is 21.5. The van der Waals surface area contributed by atoms with Gasteiger partial charge >= 0.3 is 0 Å². The van der Waals surface area contributed by atoms with Crippen molar-refractivity contribution in [3.05, 3.63) is 92.2 Å². The van der Waals surface area contributed by atoms with E-state index in [1.165, 1.54) is 31.0 Å². The van der Waals surface area contributed by atoms with Gasteiger partial charge in [0.15, 0.2) is 0 Å². The first-order valence-electron chi connectivity index (χ1n) is 11.5. The summed E-state index contributed by atoms with van der Waals surface area (Å²) in [6.45, 7) is 1.37. The standard InChI is InChI=1S/C27H25N3O2S2/c1-32-20-7-4-5-17(11-20)14-28-19-9-10-22-24(13-19)34-26-25(22)27(31)30(16-29-26)15-21-12-18-6-2-3-8-23(18)33-21/h2-8,11-12,16,19,28H,9-10,13-15H2,1H3. The van der Waals surface area contributed by atoms with Crippen LogP contribution in [0.1, 0.15) is 27.3 Å². The predicted octanol–water partition coefficient (Wildman–Crippen LogP) is 5.38. The minimum absolute atomic E-state index is 0.0859. The number of methoxy groups -OCH3 is 1. The van der Waals surface area contributed by atoms with Crippen molar-refractivity contribution in [3.63, 3.8) is 0 Å². The van der Waals surface area contributed by atoms with E-state index in [0.29, 0.717) is 12.6 Å². The monoisotopic (exact) mass is 487 g/mol. The maximum absolute atomic E-state index is 13.4. The quantitative estimate of drug-likeness (QED) is 0.350. The van der Waals surface area contributed by atoms with Crippen LogP contribution in [0.3, 0.4) is 0 Å². The lowest BCUT2D eigenvalue weighted by Crippen LogP contribution is -2.33. The van der Waals surface area contributed by atoms with Crippen LogP contribution in [0.4, 0.5) is 0 Å². The third-order valence-corrected chi connectivity index (χ3v) is 8.83. The number of aryl methyl sites for hydroxylation is 1. The summed E-state index contributed by atoms with van der Waals surface area (Å²) in [5, 5.41) is 5.75. The number of hydrogen-bond acceptors (Lipinski definition) is 6. The van der Waals surface area contributed by atoms with E-state index in [4.69, 9.17) is 4.74 Å². The first-order valence-corrected chi connectivity index (χ1v) is 13.1. The molecule has 1 N–H and O–H groups in total. The smallest absolute Gasteiger partial charge is 0.262 e. The topological polar surface area (TPSA) is 56.1 Å². The molecule has 1 aliphatic rings. The van der Waals surface area contributed by atoms with Crippen LogP contribution in [0.5, 0.6) is 5.75 Å². The summed E-state index contributed by atoms with van der Waals surface area (Å²) in [4.78, 5) is 21.5. The number of rotatable bonds is 6. The molecule has 2 aromatic carbocycles. The maximum Gasteiger partial charge on any atom is 0.262 e. The first-order chi connectivity index (χ1) is 16.7. The summed E-state index contributed by atoms with van der Waals surface area (Å²) in [7, 11) is 1.70. The molecule has 3 aromatic heterocycles. The summed E-state index contributed by atoms with van der Waals surface area (Å²) in [5.74, 6) is 0.882. The fourth-order valence-electron chi connectivity index (χ4n) is 4.82. The molecule has 5 aromatic rings. The van der Waals surface area contributed by atoms with Gasteiger partial charge in [0.1, 0.15) is 10.6 Å². The van der Waals surface area contributed by atoms with Crippen molar-refractivity contribution < 1.29 is 4.74 Å². The van der Waals surface area contributed by atoms with Crippen molar-refractivity contribution in [2.75, 3.05) is 7.11 Å². The number of nitrogens with zero attached hydrogens (tertiary/aromatic N) is 2. The van der Waals surface area contributed by atoms with Crippen LogP contribution in [-0.4, -0.2) is 22.7 Å². The van der Waals surface area contributed by atoms with Gasteiger partial charge in [0, 0.05) is 27.0 Å². The molecule has 7 heteroatoms. The van der Waals surface area contributed by atoms with E-state index in [9.17, 15) is 4.79 Å².